The Hall–Kier alpha value is -3.02. The molecule has 114 valence electrons. The minimum Gasteiger partial charge on any atom is -0.310 e. The van der Waals surface area contributed by atoms with Gasteiger partial charge in [0.15, 0.2) is 0 Å². The van der Waals surface area contributed by atoms with Gasteiger partial charge in [-0.2, -0.15) is 0 Å². The summed E-state index contributed by atoms with van der Waals surface area (Å²) >= 11 is 0. The molecule has 1 aliphatic heterocycles. The van der Waals surface area contributed by atoms with E-state index in [9.17, 15) is 9.18 Å². The van der Waals surface area contributed by atoms with E-state index < -0.39 is 0 Å². The summed E-state index contributed by atoms with van der Waals surface area (Å²) in [6, 6.07) is 9.95. The summed E-state index contributed by atoms with van der Waals surface area (Å²) in [4.78, 5) is 20.7. The third kappa shape index (κ3) is 2.38. The van der Waals surface area contributed by atoms with Gasteiger partial charge in [-0.3, -0.25) is 14.3 Å². The van der Waals surface area contributed by atoms with Gasteiger partial charge in [0.2, 0.25) is 5.91 Å². The Balaban J connectivity index is 1.83. The molecule has 6 heteroatoms. The highest BCUT2D eigenvalue weighted by molar-refractivity contribution is 5.94. The zero-order valence-electron chi connectivity index (χ0n) is 12.1. The second-order valence-corrected chi connectivity index (χ2v) is 5.42. The van der Waals surface area contributed by atoms with Crippen LogP contribution in [0.3, 0.4) is 0 Å². The Morgan fingerprint density at radius 3 is 2.96 bits per heavy atom. The highest BCUT2D eigenvalue weighted by Crippen LogP contribution is 2.36. The van der Waals surface area contributed by atoms with Crippen LogP contribution in [0.2, 0.25) is 0 Å². The van der Waals surface area contributed by atoms with Crippen molar-refractivity contribution in [3.05, 3.63) is 72.2 Å². The maximum Gasteiger partial charge on any atom is 0.226 e. The van der Waals surface area contributed by atoms with Gasteiger partial charge in [-0.05, 0) is 29.8 Å². The summed E-state index contributed by atoms with van der Waals surface area (Å²) in [6.45, 7) is 0. The Bertz CT molecular complexity index is 875. The first-order valence-electron chi connectivity index (χ1n) is 7.25. The standard InChI is InChI=1S/C17H13FN4O/c18-12-4-1-5-13(7-12)22-10-20-16-14(8-15(23)21-17(16)22)11-3-2-6-19-9-11/h1-7,9-10,14H,8H2,(H,21,23)/t14-/m1/s1. The number of hydrogen-bond acceptors (Lipinski definition) is 3. The molecular weight excluding hydrogens is 295 g/mol. The number of hydrogen-bond donors (Lipinski definition) is 1. The monoisotopic (exact) mass is 308 g/mol. The van der Waals surface area contributed by atoms with Crippen LogP contribution in [0.25, 0.3) is 5.69 Å². The van der Waals surface area contributed by atoms with Crippen molar-refractivity contribution in [2.24, 2.45) is 0 Å². The van der Waals surface area contributed by atoms with Gasteiger partial charge >= 0.3 is 0 Å². The van der Waals surface area contributed by atoms with Crippen LogP contribution in [0.15, 0.2) is 55.1 Å². The quantitative estimate of drug-likeness (QED) is 0.792. The fraction of sp³-hybridized carbons (Fsp3) is 0.118. The Kier molecular flexibility index (Phi) is 3.15. The summed E-state index contributed by atoms with van der Waals surface area (Å²) in [5, 5.41) is 2.84. The van der Waals surface area contributed by atoms with Crippen molar-refractivity contribution in [3.63, 3.8) is 0 Å². The molecule has 3 heterocycles. The SMILES string of the molecule is O=C1C[C@H](c2cccnc2)c2ncn(-c3cccc(F)c3)c2N1. The number of pyridine rings is 1. The first kappa shape index (κ1) is 13.6. The van der Waals surface area contributed by atoms with Crippen LogP contribution in [-0.4, -0.2) is 20.4 Å². The summed E-state index contributed by atoms with van der Waals surface area (Å²) in [5.41, 5.74) is 2.32. The van der Waals surface area contributed by atoms with Crippen LogP contribution in [0.5, 0.6) is 0 Å². The number of halogens is 1. The molecule has 0 aliphatic carbocycles. The second-order valence-electron chi connectivity index (χ2n) is 5.42. The van der Waals surface area contributed by atoms with E-state index >= 15 is 0 Å². The molecule has 0 bridgehead atoms. The average Bonchev–Trinajstić information content (AvgIpc) is 2.98. The molecule has 5 nitrogen and oxygen atoms in total. The summed E-state index contributed by atoms with van der Waals surface area (Å²) in [6.07, 6.45) is 5.36. The minimum absolute atomic E-state index is 0.0930. The molecule has 3 aromatic rings. The Morgan fingerprint density at radius 2 is 2.17 bits per heavy atom. The van der Waals surface area contributed by atoms with E-state index in [4.69, 9.17) is 0 Å². The lowest BCUT2D eigenvalue weighted by atomic mass is 9.91. The lowest BCUT2D eigenvalue weighted by Crippen LogP contribution is -2.25. The fourth-order valence-corrected chi connectivity index (χ4v) is 2.89. The maximum atomic E-state index is 13.5. The Morgan fingerprint density at radius 1 is 1.26 bits per heavy atom. The van der Waals surface area contributed by atoms with Gasteiger partial charge in [0.1, 0.15) is 18.0 Å². The molecule has 0 unspecified atom stereocenters. The number of aromatic nitrogens is 3. The highest BCUT2D eigenvalue weighted by Gasteiger charge is 2.31. The van der Waals surface area contributed by atoms with E-state index in [0.29, 0.717) is 17.9 Å². The number of benzene rings is 1. The molecule has 0 saturated carbocycles. The number of carbonyl (C=O) groups is 1. The van der Waals surface area contributed by atoms with Crippen molar-refractivity contribution in [2.75, 3.05) is 5.32 Å². The topological polar surface area (TPSA) is 59.8 Å². The van der Waals surface area contributed by atoms with E-state index in [2.05, 4.69) is 15.3 Å². The van der Waals surface area contributed by atoms with Gasteiger partial charge in [-0.25, -0.2) is 9.37 Å². The minimum atomic E-state index is -0.337. The van der Waals surface area contributed by atoms with Crippen LogP contribution < -0.4 is 5.32 Å². The average molecular weight is 308 g/mol. The van der Waals surface area contributed by atoms with Gasteiger partial charge in [0, 0.05) is 24.7 Å². The van der Waals surface area contributed by atoms with Crippen LogP contribution >= 0.6 is 0 Å². The number of carbonyl (C=O) groups excluding carboxylic acids is 1. The normalized spacial score (nSPS) is 16.7. The second kappa shape index (κ2) is 5.31. The lowest BCUT2D eigenvalue weighted by Gasteiger charge is -2.23. The number of fused-ring (bicyclic) bond motifs is 1. The van der Waals surface area contributed by atoms with Crippen molar-refractivity contribution >= 4 is 11.7 Å². The molecule has 1 aliphatic rings. The molecule has 23 heavy (non-hydrogen) atoms. The number of nitrogens with one attached hydrogen (secondary N) is 1. The zero-order chi connectivity index (χ0) is 15.8. The van der Waals surface area contributed by atoms with Gasteiger partial charge < -0.3 is 5.32 Å². The molecule has 2 aromatic heterocycles. The molecule has 0 fully saturated rings. The summed E-state index contributed by atoms with van der Waals surface area (Å²) < 4.78 is 15.2. The Labute approximate surface area is 131 Å². The summed E-state index contributed by atoms with van der Waals surface area (Å²) in [7, 11) is 0. The molecule has 1 N–H and O–H groups in total. The van der Waals surface area contributed by atoms with Gasteiger partial charge in [-0.15, -0.1) is 0 Å². The van der Waals surface area contributed by atoms with Crippen molar-refractivity contribution in [1.29, 1.82) is 0 Å². The highest BCUT2D eigenvalue weighted by atomic mass is 19.1. The molecule has 0 saturated heterocycles. The number of imidazole rings is 1. The number of nitrogens with zero attached hydrogens (tertiary/aromatic N) is 3. The van der Waals surface area contributed by atoms with Crippen molar-refractivity contribution in [3.8, 4) is 5.69 Å². The van der Waals surface area contributed by atoms with Gasteiger partial charge in [0.05, 0.1) is 11.4 Å². The number of amides is 1. The summed E-state index contributed by atoms with van der Waals surface area (Å²) in [5.74, 6) is 0.00311. The predicted octanol–water partition coefficient (Wildman–Crippen LogP) is 2.88. The lowest BCUT2D eigenvalue weighted by molar-refractivity contribution is -0.116. The third-order valence-corrected chi connectivity index (χ3v) is 3.95. The van der Waals surface area contributed by atoms with E-state index in [0.717, 1.165) is 11.3 Å². The molecule has 1 atom stereocenters. The predicted molar refractivity (Wildman–Crippen MR) is 82.8 cm³/mol. The molecule has 0 spiro atoms. The van der Waals surface area contributed by atoms with E-state index in [1.807, 2.05) is 12.1 Å². The molecule has 0 radical (unpaired) electrons. The van der Waals surface area contributed by atoms with Crippen LogP contribution in [0.4, 0.5) is 10.2 Å². The van der Waals surface area contributed by atoms with E-state index in [1.54, 1.807) is 35.4 Å². The molecular formula is C17H13FN4O. The van der Waals surface area contributed by atoms with Crippen molar-refractivity contribution in [1.82, 2.24) is 14.5 Å². The smallest absolute Gasteiger partial charge is 0.226 e. The first-order valence-corrected chi connectivity index (χ1v) is 7.25. The maximum absolute atomic E-state index is 13.5. The number of anilines is 1. The first-order chi connectivity index (χ1) is 11.2. The molecule has 1 aromatic carbocycles. The van der Waals surface area contributed by atoms with Crippen molar-refractivity contribution < 1.29 is 9.18 Å². The van der Waals surface area contributed by atoms with Crippen molar-refractivity contribution in [2.45, 2.75) is 12.3 Å². The zero-order valence-corrected chi connectivity index (χ0v) is 12.1. The molecule has 1 amide bonds. The van der Waals surface area contributed by atoms with E-state index in [-0.39, 0.29) is 17.6 Å². The largest absolute Gasteiger partial charge is 0.310 e. The third-order valence-electron chi connectivity index (χ3n) is 3.95. The van der Waals surface area contributed by atoms with E-state index in [1.165, 1.54) is 12.1 Å². The van der Waals surface area contributed by atoms with Gasteiger partial charge in [-0.1, -0.05) is 12.1 Å². The number of rotatable bonds is 2. The fourth-order valence-electron chi connectivity index (χ4n) is 2.89. The van der Waals surface area contributed by atoms with Crippen LogP contribution in [0, 0.1) is 5.82 Å². The van der Waals surface area contributed by atoms with Gasteiger partial charge in [0.25, 0.3) is 0 Å². The molecule has 4 rings (SSSR count). The van der Waals surface area contributed by atoms with Crippen LogP contribution in [-0.2, 0) is 4.79 Å². The van der Waals surface area contributed by atoms with Crippen LogP contribution in [0.1, 0.15) is 23.6 Å².